The number of hydrogen-bond donors (Lipinski definition) is 2. The first kappa shape index (κ1) is 22.2. The van der Waals surface area contributed by atoms with E-state index in [0.29, 0.717) is 13.2 Å². The van der Waals surface area contributed by atoms with Crippen molar-refractivity contribution in [3.05, 3.63) is 54.4 Å². The first-order chi connectivity index (χ1) is 12.6. The van der Waals surface area contributed by atoms with Crippen LogP contribution in [0.5, 0.6) is 0 Å². The summed E-state index contributed by atoms with van der Waals surface area (Å²) >= 11 is 0. The van der Waals surface area contributed by atoms with Crippen molar-refractivity contribution in [2.75, 3.05) is 18.5 Å². The molecule has 2 N–H and O–H groups in total. The lowest BCUT2D eigenvalue weighted by molar-refractivity contribution is -0.123. The van der Waals surface area contributed by atoms with Crippen molar-refractivity contribution >= 4 is 42.1 Å². The number of amides is 1. The molecular formula is C20H24Cl2N4O2. The molecule has 28 heavy (non-hydrogen) atoms. The summed E-state index contributed by atoms with van der Waals surface area (Å²) in [5, 5.41) is 6.15. The van der Waals surface area contributed by atoms with Crippen LogP contribution in [0.15, 0.2) is 48.8 Å². The van der Waals surface area contributed by atoms with Crippen molar-refractivity contribution in [3.63, 3.8) is 0 Å². The first-order valence-corrected chi connectivity index (χ1v) is 8.82. The number of halogens is 2. The number of nitrogens with one attached hydrogen (secondary N) is 2. The molecule has 3 heterocycles. The summed E-state index contributed by atoms with van der Waals surface area (Å²) in [6.45, 7) is 5.28. The third-order valence-electron chi connectivity index (χ3n) is 4.73. The van der Waals surface area contributed by atoms with Crippen LogP contribution in [-0.2, 0) is 9.53 Å². The smallest absolute Gasteiger partial charge is 0.244 e. The van der Waals surface area contributed by atoms with Crippen molar-refractivity contribution in [3.8, 4) is 11.3 Å². The summed E-state index contributed by atoms with van der Waals surface area (Å²) in [4.78, 5) is 17.1. The van der Waals surface area contributed by atoms with Crippen LogP contribution in [0.2, 0.25) is 0 Å². The van der Waals surface area contributed by atoms with Crippen molar-refractivity contribution in [2.24, 2.45) is 0 Å². The summed E-state index contributed by atoms with van der Waals surface area (Å²) in [5.74, 6) is -0.0756. The molecule has 0 spiro atoms. The SMILES string of the molecule is Cc1cccn2cc(-c3ccc(NC(=O)[C@H]4NCCO[C@@H]4C)cc3)nc12.Cl.Cl. The summed E-state index contributed by atoms with van der Waals surface area (Å²) in [6.07, 6.45) is 3.87. The third-order valence-corrected chi connectivity index (χ3v) is 4.73. The molecule has 1 fully saturated rings. The zero-order valence-corrected chi connectivity index (χ0v) is 17.3. The molecule has 6 nitrogen and oxygen atoms in total. The number of aryl methyl sites for hydroxylation is 1. The van der Waals surface area contributed by atoms with Crippen molar-refractivity contribution < 1.29 is 9.53 Å². The van der Waals surface area contributed by atoms with Gasteiger partial charge in [0, 0.05) is 30.2 Å². The normalized spacial score (nSPS) is 18.8. The molecule has 0 bridgehead atoms. The maximum absolute atomic E-state index is 12.4. The predicted molar refractivity (Wildman–Crippen MR) is 116 cm³/mol. The van der Waals surface area contributed by atoms with E-state index in [9.17, 15) is 4.79 Å². The Morgan fingerprint density at radius 2 is 2.00 bits per heavy atom. The van der Waals surface area contributed by atoms with E-state index in [0.717, 1.165) is 28.2 Å². The molecule has 150 valence electrons. The standard InChI is InChI=1S/C20H22N4O2.2ClH/c1-13-4-3-10-24-12-17(23-19(13)24)15-5-7-16(8-6-15)22-20(25)18-14(2)26-11-9-21-18;;/h3-8,10,12,14,18,21H,9,11H2,1-2H3,(H,22,25);2*1H/t14-,18+;;/m1../s1. The van der Waals surface area contributed by atoms with Crippen LogP contribution < -0.4 is 10.6 Å². The Labute approximate surface area is 176 Å². The van der Waals surface area contributed by atoms with Crippen LogP contribution in [0, 0.1) is 6.92 Å². The minimum absolute atomic E-state index is 0. The number of pyridine rings is 1. The molecule has 3 aromatic rings. The number of aromatic nitrogens is 2. The summed E-state index contributed by atoms with van der Waals surface area (Å²) in [5.41, 5.74) is 4.78. The largest absolute Gasteiger partial charge is 0.375 e. The van der Waals surface area contributed by atoms with Crippen molar-refractivity contribution in [1.82, 2.24) is 14.7 Å². The molecule has 0 saturated carbocycles. The number of carbonyl (C=O) groups excluding carboxylic acids is 1. The van der Waals surface area contributed by atoms with Gasteiger partial charge in [0.25, 0.3) is 0 Å². The second kappa shape index (κ2) is 9.39. The highest BCUT2D eigenvalue weighted by atomic mass is 35.5. The van der Waals surface area contributed by atoms with Crippen LogP contribution in [0.1, 0.15) is 12.5 Å². The fourth-order valence-electron chi connectivity index (χ4n) is 3.26. The highest BCUT2D eigenvalue weighted by Gasteiger charge is 2.28. The quantitative estimate of drug-likeness (QED) is 0.677. The number of carbonyl (C=O) groups is 1. The fourth-order valence-corrected chi connectivity index (χ4v) is 3.26. The van der Waals surface area contributed by atoms with Crippen LogP contribution in [-0.4, -0.2) is 40.6 Å². The van der Waals surface area contributed by atoms with Gasteiger partial charge in [0.1, 0.15) is 11.7 Å². The lowest BCUT2D eigenvalue weighted by atomic mass is 10.1. The zero-order chi connectivity index (χ0) is 18.1. The number of nitrogens with zero attached hydrogens (tertiary/aromatic N) is 2. The van der Waals surface area contributed by atoms with Crippen molar-refractivity contribution in [2.45, 2.75) is 26.0 Å². The molecule has 0 aliphatic carbocycles. The summed E-state index contributed by atoms with van der Waals surface area (Å²) in [7, 11) is 0. The number of hydrogen-bond acceptors (Lipinski definition) is 4. The molecule has 2 atom stereocenters. The molecule has 2 aromatic heterocycles. The predicted octanol–water partition coefficient (Wildman–Crippen LogP) is 3.47. The van der Waals surface area contributed by atoms with E-state index in [2.05, 4.69) is 23.6 Å². The van der Waals surface area contributed by atoms with E-state index >= 15 is 0 Å². The Hall–Kier alpha value is -2.12. The number of ether oxygens (including phenoxy) is 1. The maximum Gasteiger partial charge on any atom is 0.244 e. The molecule has 1 amide bonds. The number of anilines is 1. The van der Waals surface area contributed by atoms with E-state index in [1.807, 2.05) is 54.0 Å². The van der Waals surface area contributed by atoms with Crippen LogP contribution in [0.3, 0.4) is 0 Å². The molecule has 1 aliphatic rings. The number of morpholine rings is 1. The molecule has 1 aliphatic heterocycles. The second-order valence-corrected chi connectivity index (χ2v) is 6.62. The van der Waals surface area contributed by atoms with Gasteiger partial charge >= 0.3 is 0 Å². The van der Waals surface area contributed by atoms with Crippen LogP contribution in [0.25, 0.3) is 16.9 Å². The van der Waals surface area contributed by atoms with Gasteiger partial charge in [-0.2, -0.15) is 0 Å². The molecule has 8 heteroatoms. The first-order valence-electron chi connectivity index (χ1n) is 8.82. The lowest BCUT2D eigenvalue weighted by Gasteiger charge is -2.29. The Morgan fingerprint density at radius 3 is 2.68 bits per heavy atom. The van der Waals surface area contributed by atoms with E-state index in [-0.39, 0.29) is 42.9 Å². The fraction of sp³-hybridized carbons (Fsp3) is 0.300. The van der Waals surface area contributed by atoms with Gasteiger partial charge in [-0.05, 0) is 37.6 Å². The number of rotatable bonds is 3. The molecular weight excluding hydrogens is 399 g/mol. The Morgan fingerprint density at radius 1 is 1.25 bits per heavy atom. The van der Waals surface area contributed by atoms with Gasteiger partial charge in [-0.1, -0.05) is 18.2 Å². The highest BCUT2D eigenvalue weighted by Crippen LogP contribution is 2.22. The van der Waals surface area contributed by atoms with Gasteiger partial charge in [0.15, 0.2) is 0 Å². The molecule has 1 aromatic carbocycles. The zero-order valence-electron chi connectivity index (χ0n) is 15.7. The van der Waals surface area contributed by atoms with E-state index < -0.39 is 0 Å². The van der Waals surface area contributed by atoms with Crippen LogP contribution in [0.4, 0.5) is 5.69 Å². The summed E-state index contributed by atoms with van der Waals surface area (Å²) in [6, 6.07) is 11.5. The Bertz CT molecular complexity index is 943. The van der Waals surface area contributed by atoms with E-state index in [4.69, 9.17) is 9.72 Å². The third kappa shape index (κ3) is 4.47. The average molecular weight is 423 g/mol. The van der Waals surface area contributed by atoms with Gasteiger partial charge in [-0.3, -0.25) is 4.79 Å². The molecule has 0 radical (unpaired) electrons. The Kier molecular flexibility index (Phi) is 7.43. The minimum atomic E-state index is -0.329. The highest BCUT2D eigenvalue weighted by molar-refractivity contribution is 5.95. The number of benzene rings is 1. The van der Waals surface area contributed by atoms with E-state index in [1.165, 1.54) is 0 Å². The molecule has 1 saturated heterocycles. The number of fused-ring (bicyclic) bond motifs is 1. The second-order valence-electron chi connectivity index (χ2n) is 6.62. The van der Waals surface area contributed by atoms with Crippen molar-refractivity contribution in [1.29, 1.82) is 0 Å². The lowest BCUT2D eigenvalue weighted by Crippen LogP contribution is -2.53. The van der Waals surface area contributed by atoms with E-state index in [1.54, 1.807) is 0 Å². The van der Waals surface area contributed by atoms with Crippen LogP contribution >= 0.6 is 24.8 Å². The maximum atomic E-state index is 12.4. The minimum Gasteiger partial charge on any atom is -0.375 e. The topological polar surface area (TPSA) is 67.7 Å². The van der Waals surface area contributed by atoms with Gasteiger partial charge in [0.2, 0.25) is 5.91 Å². The monoisotopic (exact) mass is 422 g/mol. The summed E-state index contributed by atoms with van der Waals surface area (Å²) < 4.78 is 7.56. The molecule has 4 rings (SSSR count). The van der Waals surface area contributed by atoms with Gasteiger partial charge in [-0.25, -0.2) is 4.98 Å². The van der Waals surface area contributed by atoms with Gasteiger partial charge in [0.05, 0.1) is 18.4 Å². The van der Waals surface area contributed by atoms with Gasteiger partial charge < -0.3 is 19.8 Å². The average Bonchev–Trinajstić information content (AvgIpc) is 3.08. The van der Waals surface area contributed by atoms with Gasteiger partial charge in [-0.15, -0.1) is 24.8 Å². The Balaban J connectivity index is 0.00000140. The molecule has 0 unspecified atom stereocenters. The number of imidazole rings is 1.